The molecule has 3 saturated heterocycles. The van der Waals surface area contributed by atoms with Gasteiger partial charge < -0.3 is 38.3 Å². The largest absolute Gasteiger partial charge is 0.426 e. The number of aryl methyl sites for hydroxylation is 1. The average Bonchev–Trinajstić information content (AvgIpc) is 3.39. The Morgan fingerprint density at radius 1 is 0.800 bits per heavy atom. The SMILES string of the molecule is Cc1ccc(OC(=O)CC(=O)Oc2ccc(C3OC4OC5C(CO)OC(C)OC5C4O3)cc2)cc1. The summed E-state index contributed by atoms with van der Waals surface area (Å²) >= 11 is 0. The van der Waals surface area contributed by atoms with Gasteiger partial charge in [-0.05, 0) is 38.1 Å². The van der Waals surface area contributed by atoms with Crippen LogP contribution in [0.5, 0.6) is 11.5 Å². The van der Waals surface area contributed by atoms with Crippen LogP contribution in [-0.2, 0) is 33.3 Å². The molecule has 0 bridgehead atoms. The van der Waals surface area contributed by atoms with Crippen LogP contribution < -0.4 is 9.47 Å². The number of fused-ring (bicyclic) bond motifs is 3. The highest BCUT2D eigenvalue weighted by Crippen LogP contribution is 2.43. The molecule has 0 amide bonds. The lowest BCUT2D eigenvalue weighted by Gasteiger charge is -2.37. The van der Waals surface area contributed by atoms with Crippen LogP contribution in [0.2, 0.25) is 0 Å². The van der Waals surface area contributed by atoms with E-state index < -0.39 is 61.6 Å². The van der Waals surface area contributed by atoms with Gasteiger partial charge in [-0.15, -0.1) is 0 Å². The van der Waals surface area contributed by atoms with Gasteiger partial charge in [-0.1, -0.05) is 29.8 Å². The number of esters is 2. The van der Waals surface area contributed by atoms with E-state index in [9.17, 15) is 14.7 Å². The second kappa shape index (κ2) is 10.0. The molecule has 0 radical (unpaired) electrons. The van der Waals surface area contributed by atoms with Crippen LogP contribution in [0.4, 0.5) is 0 Å². The van der Waals surface area contributed by atoms with Crippen molar-refractivity contribution < 1.29 is 47.9 Å². The lowest BCUT2D eigenvalue weighted by atomic mass is 10.0. The quantitative estimate of drug-likeness (QED) is 0.370. The summed E-state index contributed by atoms with van der Waals surface area (Å²) in [6, 6.07) is 13.5. The second-order valence-corrected chi connectivity index (χ2v) is 8.57. The molecule has 3 aliphatic heterocycles. The molecule has 186 valence electrons. The molecule has 3 fully saturated rings. The molecule has 10 nitrogen and oxygen atoms in total. The van der Waals surface area contributed by atoms with Crippen LogP contribution in [0.3, 0.4) is 0 Å². The van der Waals surface area contributed by atoms with Crippen molar-refractivity contribution in [2.75, 3.05) is 6.61 Å². The first-order valence-electron chi connectivity index (χ1n) is 11.4. The Morgan fingerprint density at radius 3 is 2.06 bits per heavy atom. The molecule has 3 heterocycles. The third-order valence-electron chi connectivity index (χ3n) is 5.93. The summed E-state index contributed by atoms with van der Waals surface area (Å²) in [6.07, 6.45) is -4.26. The van der Waals surface area contributed by atoms with Gasteiger partial charge in [0.2, 0.25) is 0 Å². The van der Waals surface area contributed by atoms with E-state index in [-0.39, 0.29) is 12.4 Å². The molecule has 2 aromatic carbocycles. The van der Waals surface area contributed by atoms with Crippen molar-refractivity contribution in [1.82, 2.24) is 0 Å². The van der Waals surface area contributed by atoms with Gasteiger partial charge in [0, 0.05) is 5.56 Å². The van der Waals surface area contributed by atoms with Crippen molar-refractivity contribution in [2.45, 2.75) is 63.6 Å². The highest BCUT2D eigenvalue weighted by molar-refractivity contribution is 5.93. The zero-order chi connectivity index (χ0) is 24.5. The van der Waals surface area contributed by atoms with Gasteiger partial charge in [0.1, 0.15) is 42.3 Å². The normalized spacial score (nSPS) is 31.5. The van der Waals surface area contributed by atoms with Crippen molar-refractivity contribution >= 4 is 11.9 Å². The number of carbonyl (C=O) groups excluding carboxylic acids is 2. The minimum Gasteiger partial charge on any atom is -0.426 e. The van der Waals surface area contributed by atoms with Crippen LogP contribution in [0.25, 0.3) is 0 Å². The molecular weight excluding hydrogens is 460 g/mol. The predicted octanol–water partition coefficient (Wildman–Crippen LogP) is 2.16. The Labute approximate surface area is 201 Å². The second-order valence-electron chi connectivity index (χ2n) is 8.57. The molecule has 2 aromatic rings. The number of aliphatic hydroxyl groups excluding tert-OH is 1. The van der Waals surface area contributed by atoms with Crippen LogP contribution in [0.15, 0.2) is 48.5 Å². The summed E-state index contributed by atoms with van der Waals surface area (Å²) in [5.74, 6) is -0.812. The summed E-state index contributed by atoms with van der Waals surface area (Å²) in [5.41, 5.74) is 1.72. The molecule has 0 saturated carbocycles. The molecule has 0 aromatic heterocycles. The third-order valence-corrected chi connectivity index (χ3v) is 5.93. The standard InChI is InChI=1S/C25H26O10/c1-13-3-7-16(8-4-13)31-19(27)11-20(28)32-17-9-5-15(6-10-17)24-34-23-22-21(33-25(23)35-24)18(12-26)29-14(2)30-22/h3-10,14,18,21-26H,11-12H2,1-2H3. The number of hydrogen-bond acceptors (Lipinski definition) is 10. The van der Waals surface area contributed by atoms with Gasteiger partial charge >= 0.3 is 11.9 Å². The zero-order valence-corrected chi connectivity index (χ0v) is 19.2. The van der Waals surface area contributed by atoms with Gasteiger partial charge in [-0.2, -0.15) is 0 Å². The van der Waals surface area contributed by atoms with Crippen LogP contribution in [0.1, 0.15) is 30.8 Å². The number of hydrogen-bond donors (Lipinski definition) is 1. The van der Waals surface area contributed by atoms with Gasteiger partial charge in [0.05, 0.1) is 6.61 Å². The Bertz CT molecular complexity index is 1050. The van der Waals surface area contributed by atoms with Crippen LogP contribution in [0, 0.1) is 6.92 Å². The Kier molecular flexibility index (Phi) is 6.83. The Morgan fingerprint density at radius 2 is 1.43 bits per heavy atom. The number of aliphatic hydroxyl groups is 1. The van der Waals surface area contributed by atoms with Crippen molar-refractivity contribution in [3.8, 4) is 11.5 Å². The lowest BCUT2D eigenvalue weighted by molar-refractivity contribution is -0.296. The Hall–Kier alpha value is -2.86. The molecule has 0 aliphatic carbocycles. The highest BCUT2D eigenvalue weighted by atomic mass is 16.8. The molecule has 10 heteroatoms. The van der Waals surface area contributed by atoms with E-state index in [2.05, 4.69) is 0 Å². The number of ether oxygens (including phenoxy) is 7. The van der Waals surface area contributed by atoms with E-state index in [1.54, 1.807) is 55.5 Å². The summed E-state index contributed by atoms with van der Waals surface area (Å²) in [5, 5.41) is 9.56. The number of benzene rings is 2. The predicted molar refractivity (Wildman–Crippen MR) is 117 cm³/mol. The van der Waals surface area contributed by atoms with E-state index in [1.165, 1.54) is 0 Å². The fraction of sp³-hybridized carbons (Fsp3) is 0.440. The van der Waals surface area contributed by atoms with Gasteiger partial charge in [-0.3, -0.25) is 9.59 Å². The maximum Gasteiger partial charge on any atom is 0.322 e. The summed E-state index contributed by atoms with van der Waals surface area (Å²) in [4.78, 5) is 24.1. The third kappa shape index (κ3) is 5.22. The lowest BCUT2D eigenvalue weighted by Crippen LogP contribution is -2.51. The molecule has 7 unspecified atom stereocenters. The molecular formula is C25H26O10. The fourth-order valence-corrected chi connectivity index (χ4v) is 4.29. The number of carbonyl (C=O) groups is 2. The van der Waals surface area contributed by atoms with E-state index in [4.69, 9.17) is 33.2 Å². The molecule has 0 spiro atoms. The van der Waals surface area contributed by atoms with Crippen molar-refractivity contribution in [2.24, 2.45) is 0 Å². The maximum atomic E-state index is 12.1. The summed E-state index contributed by atoms with van der Waals surface area (Å²) < 4.78 is 39.6. The summed E-state index contributed by atoms with van der Waals surface area (Å²) in [6.45, 7) is 3.48. The zero-order valence-electron chi connectivity index (χ0n) is 19.2. The topological polar surface area (TPSA) is 119 Å². The van der Waals surface area contributed by atoms with E-state index in [1.807, 2.05) is 6.92 Å². The van der Waals surface area contributed by atoms with Gasteiger partial charge in [-0.25, -0.2) is 0 Å². The molecule has 1 N–H and O–H groups in total. The first-order chi connectivity index (χ1) is 16.9. The van der Waals surface area contributed by atoms with Crippen molar-refractivity contribution in [1.29, 1.82) is 0 Å². The summed E-state index contributed by atoms with van der Waals surface area (Å²) in [7, 11) is 0. The smallest absolute Gasteiger partial charge is 0.322 e. The van der Waals surface area contributed by atoms with Crippen LogP contribution in [-0.4, -0.2) is 60.6 Å². The number of rotatable bonds is 6. The molecule has 5 rings (SSSR count). The highest BCUT2D eigenvalue weighted by Gasteiger charge is 2.58. The van der Waals surface area contributed by atoms with Gasteiger partial charge in [0.15, 0.2) is 18.9 Å². The van der Waals surface area contributed by atoms with Crippen molar-refractivity contribution in [3.05, 3.63) is 59.7 Å². The van der Waals surface area contributed by atoms with E-state index >= 15 is 0 Å². The Balaban J connectivity index is 1.13. The molecule has 3 aliphatic rings. The maximum absolute atomic E-state index is 12.1. The fourth-order valence-electron chi connectivity index (χ4n) is 4.29. The first kappa shape index (κ1) is 23.9. The first-order valence-corrected chi connectivity index (χ1v) is 11.4. The average molecular weight is 486 g/mol. The van der Waals surface area contributed by atoms with E-state index in [0.717, 1.165) is 5.56 Å². The van der Waals surface area contributed by atoms with E-state index in [0.29, 0.717) is 11.3 Å². The van der Waals surface area contributed by atoms with Gasteiger partial charge in [0.25, 0.3) is 0 Å². The minimum atomic E-state index is -0.735. The van der Waals surface area contributed by atoms with Crippen molar-refractivity contribution in [3.63, 3.8) is 0 Å². The molecule has 7 atom stereocenters. The monoisotopic (exact) mass is 486 g/mol. The minimum absolute atomic E-state index is 0.193. The van der Waals surface area contributed by atoms with Crippen LogP contribution >= 0.6 is 0 Å². The molecule has 35 heavy (non-hydrogen) atoms.